The third kappa shape index (κ3) is 3.17. The lowest BCUT2D eigenvalue weighted by molar-refractivity contribution is -0.132. The Balaban J connectivity index is 2.01. The van der Waals surface area contributed by atoms with Crippen molar-refractivity contribution in [3.05, 3.63) is 28.8 Å². The summed E-state index contributed by atoms with van der Waals surface area (Å²) in [5, 5.41) is 12.3. The molecule has 0 aliphatic carbocycles. The van der Waals surface area contributed by atoms with Crippen molar-refractivity contribution in [2.45, 2.75) is 18.9 Å². The van der Waals surface area contributed by atoms with Crippen LogP contribution in [0.4, 0.5) is 0 Å². The summed E-state index contributed by atoms with van der Waals surface area (Å²) < 4.78 is 0. The molecule has 1 aromatic carbocycles. The minimum Gasteiger partial charge on any atom is -0.506 e. The fourth-order valence-corrected chi connectivity index (χ4v) is 2.23. The molecule has 0 bridgehead atoms. The molecule has 1 unspecified atom stereocenters. The molecule has 6 heteroatoms. The molecule has 0 aromatic heterocycles. The molecule has 19 heavy (non-hydrogen) atoms. The summed E-state index contributed by atoms with van der Waals surface area (Å²) in [6.45, 7) is 0.510. The van der Waals surface area contributed by atoms with E-state index < -0.39 is 0 Å². The number of carbonyl (C=O) groups excluding carboxylic acids is 2. The zero-order chi connectivity index (χ0) is 14.0. The van der Waals surface area contributed by atoms with Crippen molar-refractivity contribution < 1.29 is 14.7 Å². The zero-order valence-corrected chi connectivity index (χ0v) is 11.3. The molecule has 2 amide bonds. The molecule has 1 saturated heterocycles. The van der Waals surface area contributed by atoms with Crippen molar-refractivity contribution >= 4 is 23.4 Å². The smallest absolute Gasteiger partial charge is 0.251 e. The van der Waals surface area contributed by atoms with Crippen LogP contribution in [0.15, 0.2) is 18.2 Å². The number of rotatable bonds is 2. The van der Waals surface area contributed by atoms with E-state index in [1.807, 2.05) is 0 Å². The Morgan fingerprint density at radius 1 is 1.53 bits per heavy atom. The number of benzene rings is 1. The summed E-state index contributed by atoms with van der Waals surface area (Å²) in [7, 11) is 1.72. The summed E-state index contributed by atoms with van der Waals surface area (Å²) in [6.07, 6.45) is 1.08. The van der Waals surface area contributed by atoms with E-state index in [1.165, 1.54) is 18.2 Å². The summed E-state index contributed by atoms with van der Waals surface area (Å²) >= 11 is 5.76. The van der Waals surface area contributed by atoms with Crippen LogP contribution < -0.4 is 5.32 Å². The van der Waals surface area contributed by atoms with Gasteiger partial charge in [0.2, 0.25) is 5.91 Å². The third-order valence-corrected chi connectivity index (χ3v) is 3.47. The van der Waals surface area contributed by atoms with Gasteiger partial charge in [0.15, 0.2) is 0 Å². The molecule has 0 spiro atoms. The number of hydrogen-bond acceptors (Lipinski definition) is 3. The van der Waals surface area contributed by atoms with E-state index in [2.05, 4.69) is 5.32 Å². The second-order valence-electron chi connectivity index (χ2n) is 4.65. The first-order valence-corrected chi connectivity index (χ1v) is 6.38. The number of amides is 2. The molecule has 0 saturated carbocycles. The fraction of sp³-hybridized carbons (Fsp3) is 0.385. The second-order valence-corrected chi connectivity index (χ2v) is 5.06. The maximum absolute atomic E-state index is 12.0. The number of piperidine rings is 1. The molecule has 1 heterocycles. The van der Waals surface area contributed by atoms with Crippen molar-refractivity contribution in [1.29, 1.82) is 0 Å². The first-order chi connectivity index (χ1) is 8.97. The Morgan fingerprint density at radius 2 is 2.26 bits per heavy atom. The van der Waals surface area contributed by atoms with Gasteiger partial charge in [0.25, 0.3) is 5.91 Å². The number of halogens is 1. The number of phenols is 1. The van der Waals surface area contributed by atoms with E-state index in [9.17, 15) is 14.7 Å². The highest BCUT2D eigenvalue weighted by Gasteiger charge is 2.24. The lowest BCUT2D eigenvalue weighted by Crippen LogP contribution is -2.48. The fourth-order valence-electron chi connectivity index (χ4n) is 2.05. The van der Waals surface area contributed by atoms with Crippen LogP contribution >= 0.6 is 11.6 Å². The average molecular weight is 283 g/mol. The van der Waals surface area contributed by atoms with Crippen LogP contribution in [0, 0.1) is 0 Å². The maximum Gasteiger partial charge on any atom is 0.251 e. The minimum absolute atomic E-state index is 0.0530. The minimum atomic E-state index is -0.255. The van der Waals surface area contributed by atoms with Crippen LogP contribution in [0.2, 0.25) is 5.02 Å². The highest BCUT2D eigenvalue weighted by Crippen LogP contribution is 2.23. The Hall–Kier alpha value is -1.75. The molecule has 2 rings (SSSR count). The predicted molar refractivity (Wildman–Crippen MR) is 71.2 cm³/mol. The van der Waals surface area contributed by atoms with Gasteiger partial charge in [-0.2, -0.15) is 0 Å². The Bertz CT molecular complexity index is 519. The maximum atomic E-state index is 12.0. The van der Waals surface area contributed by atoms with Gasteiger partial charge in [-0.05, 0) is 24.6 Å². The molecule has 1 fully saturated rings. The number of nitrogens with one attached hydrogen (secondary N) is 1. The van der Waals surface area contributed by atoms with Crippen LogP contribution in [0.5, 0.6) is 5.75 Å². The SMILES string of the molecule is CN1CC(NC(=O)c2ccc(O)c(Cl)c2)CCC1=O. The summed E-state index contributed by atoms with van der Waals surface area (Å²) in [5.74, 6) is -0.214. The largest absolute Gasteiger partial charge is 0.506 e. The van der Waals surface area contributed by atoms with Crippen molar-refractivity contribution in [2.75, 3.05) is 13.6 Å². The van der Waals surface area contributed by atoms with E-state index >= 15 is 0 Å². The van der Waals surface area contributed by atoms with E-state index in [0.29, 0.717) is 24.9 Å². The summed E-state index contributed by atoms with van der Waals surface area (Å²) in [5.41, 5.74) is 0.391. The van der Waals surface area contributed by atoms with Gasteiger partial charge < -0.3 is 15.3 Å². The third-order valence-electron chi connectivity index (χ3n) is 3.17. The van der Waals surface area contributed by atoms with Crippen LogP contribution in [0.1, 0.15) is 23.2 Å². The number of nitrogens with zero attached hydrogens (tertiary/aromatic N) is 1. The first-order valence-electron chi connectivity index (χ1n) is 6.00. The van der Waals surface area contributed by atoms with Gasteiger partial charge in [-0.1, -0.05) is 11.6 Å². The molecule has 1 atom stereocenters. The first kappa shape index (κ1) is 13.7. The molecule has 5 nitrogen and oxygen atoms in total. The van der Waals surface area contributed by atoms with Gasteiger partial charge in [-0.15, -0.1) is 0 Å². The molecular formula is C13H15ClN2O3. The highest BCUT2D eigenvalue weighted by molar-refractivity contribution is 6.32. The van der Waals surface area contributed by atoms with E-state index in [-0.39, 0.29) is 28.6 Å². The van der Waals surface area contributed by atoms with Gasteiger partial charge in [-0.25, -0.2) is 0 Å². The normalized spacial score (nSPS) is 19.4. The number of likely N-dealkylation sites (N-methyl/N-ethyl adjacent to an activating group) is 1. The topological polar surface area (TPSA) is 69.6 Å². The molecule has 102 valence electrons. The number of likely N-dealkylation sites (tertiary alicyclic amines) is 1. The molecule has 1 aliphatic heterocycles. The number of phenolic OH excluding ortho intramolecular Hbond substituents is 1. The van der Waals surface area contributed by atoms with Gasteiger partial charge >= 0.3 is 0 Å². The van der Waals surface area contributed by atoms with Gasteiger partial charge in [0.1, 0.15) is 5.75 Å². The Labute approximate surface area is 116 Å². The van der Waals surface area contributed by atoms with Crippen molar-refractivity contribution in [3.8, 4) is 5.75 Å². The van der Waals surface area contributed by atoms with Gasteiger partial charge in [0, 0.05) is 31.6 Å². The lowest BCUT2D eigenvalue weighted by atomic mass is 10.0. The van der Waals surface area contributed by atoms with Gasteiger partial charge in [0.05, 0.1) is 5.02 Å². The zero-order valence-electron chi connectivity index (χ0n) is 10.5. The van der Waals surface area contributed by atoms with Crippen LogP contribution in [0.25, 0.3) is 0 Å². The van der Waals surface area contributed by atoms with Crippen LogP contribution in [-0.4, -0.2) is 41.5 Å². The van der Waals surface area contributed by atoms with Crippen molar-refractivity contribution in [3.63, 3.8) is 0 Å². The number of carbonyl (C=O) groups is 2. The molecular weight excluding hydrogens is 268 g/mol. The predicted octanol–water partition coefficient (Wildman–Crippen LogP) is 1.40. The monoisotopic (exact) mass is 282 g/mol. The molecule has 2 N–H and O–H groups in total. The molecule has 1 aromatic rings. The van der Waals surface area contributed by atoms with Crippen LogP contribution in [-0.2, 0) is 4.79 Å². The number of aromatic hydroxyl groups is 1. The van der Waals surface area contributed by atoms with Gasteiger partial charge in [-0.3, -0.25) is 9.59 Å². The van der Waals surface area contributed by atoms with Crippen molar-refractivity contribution in [1.82, 2.24) is 10.2 Å². The molecule has 1 aliphatic rings. The average Bonchev–Trinajstić information content (AvgIpc) is 2.37. The lowest BCUT2D eigenvalue weighted by Gasteiger charge is -2.30. The summed E-state index contributed by atoms with van der Waals surface area (Å²) in [4.78, 5) is 25.0. The van der Waals surface area contributed by atoms with E-state index in [4.69, 9.17) is 11.6 Å². The van der Waals surface area contributed by atoms with Crippen LogP contribution in [0.3, 0.4) is 0 Å². The van der Waals surface area contributed by atoms with E-state index in [0.717, 1.165) is 0 Å². The van der Waals surface area contributed by atoms with Crippen molar-refractivity contribution in [2.24, 2.45) is 0 Å². The second kappa shape index (κ2) is 5.48. The molecule has 0 radical (unpaired) electrons. The quantitative estimate of drug-likeness (QED) is 0.861. The Morgan fingerprint density at radius 3 is 2.89 bits per heavy atom. The number of hydrogen-bond donors (Lipinski definition) is 2. The summed E-state index contributed by atoms with van der Waals surface area (Å²) in [6, 6.07) is 4.26. The standard InChI is InChI=1S/C13H15ClN2O3/c1-16-7-9(3-5-12(16)18)15-13(19)8-2-4-11(17)10(14)6-8/h2,4,6,9,17H,3,5,7H2,1H3,(H,15,19). The highest BCUT2D eigenvalue weighted by atomic mass is 35.5. The van der Waals surface area contributed by atoms with E-state index in [1.54, 1.807) is 11.9 Å². The Kier molecular flexibility index (Phi) is 3.95.